The number of Topliss-reactive ketones (excluding diaryl/α,β-unsaturated/α-hetero) is 1. The minimum Gasteiger partial charge on any atom is -0.494 e. The van der Waals surface area contributed by atoms with E-state index in [9.17, 15) is 4.79 Å². The molecule has 136 valence electrons. The zero-order chi connectivity index (χ0) is 19.1. The summed E-state index contributed by atoms with van der Waals surface area (Å²) in [7, 11) is 1.63. The highest BCUT2D eigenvalue weighted by atomic mass is 16.5. The molecular weight excluding hydrogens is 338 g/mol. The molecule has 0 radical (unpaired) electrons. The Kier molecular flexibility index (Phi) is 4.07. The Bertz CT molecular complexity index is 1160. The molecule has 3 aromatic rings. The van der Waals surface area contributed by atoms with Crippen molar-refractivity contribution in [1.82, 2.24) is 9.97 Å². The summed E-state index contributed by atoms with van der Waals surface area (Å²) < 4.78 is 5.53. The number of nitrogens with one attached hydrogen (secondary N) is 2. The van der Waals surface area contributed by atoms with Gasteiger partial charge in [-0.3, -0.25) is 4.79 Å². The first-order valence-electron chi connectivity index (χ1n) is 8.82. The average molecular weight is 359 g/mol. The Hall–Kier alpha value is -3.34. The molecular formula is C22H21N3O2. The molecule has 0 aliphatic carbocycles. The molecule has 0 spiro atoms. The molecule has 0 fully saturated rings. The SMILES string of the molecule is COC1=CC(c2[nH]c3ccccc3c2C(C)=O)=NC1=Cc1[nH]c(C)cc1C. The van der Waals surface area contributed by atoms with Crippen LogP contribution in [0.15, 0.2) is 52.9 Å². The summed E-state index contributed by atoms with van der Waals surface area (Å²) >= 11 is 0. The van der Waals surface area contributed by atoms with Crippen LogP contribution in [0.5, 0.6) is 0 Å². The van der Waals surface area contributed by atoms with E-state index < -0.39 is 0 Å². The van der Waals surface area contributed by atoms with Crippen molar-refractivity contribution in [3.63, 3.8) is 0 Å². The van der Waals surface area contributed by atoms with E-state index >= 15 is 0 Å². The number of aryl methyl sites for hydroxylation is 2. The molecule has 2 N–H and O–H groups in total. The number of H-pyrrole nitrogens is 2. The van der Waals surface area contributed by atoms with Crippen molar-refractivity contribution < 1.29 is 9.53 Å². The van der Waals surface area contributed by atoms with E-state index in [1.807, 2.05) is 43.3 Å². The molecule has 5 nitrogen and oxygen atoms in total. The Morgan fingerprint density at radius 2 is 1.96 bits per heavy atom. The lowest BCUT2D eigenvalue weighted by atomic mass is 10.0. The number of hydrogen-bond acceptors (Lipinski definition) is 3. The van der Waals surface area contributed by atoms with Crippen LogP contribution in [0.25, 0.3) is 17.0 Å². The Morgan fingerprint density at radius 1 is 1.19 bits per heavy atom. The van der Waals surface area contributed by atoms with Gasteiger partial charge in [0.05, 0.1) is 24.1 Å². The molecule has 0 unspecified atom stereocenters. The second-order valence-electron chi connectivity index (χ2n) is 6.77. The van der Waals surface area contributed by atoms with Crippen molar-refractivity contribution in [1.29, 1.82) is 0 Å². The van der Waals surface area contributed by atoms with Crippen LogP contribution in [-0.2, 0) is 4.74 Å². The Labute approximate surface area is 157 Å². The van der Waals surface area contributed by atoms with Crippen molar-refractivity contribution in [2.24, 2.45) is 4.99 Å². The first-order chi connectivity index (χ1) is 13.0. The predicted molar refractivity (Wildman–Crippen MR) is 108 cm³/mol. The van der Waals surface area contributed by atoms with Gasteiger partial charge in [0.25, 0.3) is 0 Å². The quantitative estimate of drug-likeness (QED) is 0.664. The first-order valence-corrected chi connectivity index (χ1v) is 8.82. The van der Waals surface area contributed by atoms with Crippen molar-refractivity contribution in [2.75, 3.05) is 7.11 Å². The zero-order valence-electron chi connectivity index (χ0n) is 15.8. The fourth-order valence-corrected chi connectivity index (χ4v) is 3.55. The van der Waals surface area contributed by atoms with Gasteiger partial charge in [0.2, 0.25) is 0 Å². The van der Waals surface area contributed by atoms with E-state index in [4.69, 9.17) is 9.73 Å². The summed E-state index contributed by atoms with van der Waals surface area (Å²) in [4.78, 5) is 23.8. The van der Waals surface area contributed by atoms with Gasteiger partial charge in [-0.05, 0) is 44.5 Å². The van der Waals surface area contributed by atoms with Crippen molar-refractivity contribution in [3.8, 4) is 0 Å². The number of nitrogens with zero attached hydrogens (tertiary/aromatic N) is 1. The number of hydrogen-bond donors (Lipinski definition) is 2. The van der Waals surface area contributed by atoms with Crippen LogP contribution in [0.4, 0.5) is 0 Å². The number of carbonyl (C=O) groups excluding carboxylic acids is 1. The molecule has 27 heavy (non-hydrogen) atoms. The predicted octanol–water partition coefficient (Wildman–Crippen LogP) is 4.69. The van der Waals surface area contributed by atoms with Gasteiger partial charge in [-0.1, -0.05) is 18.2 Å². The summed E-state index contributed by atoms with van der Waals surface area (Å²) in [5, 5.41) is 0.906. The van der Waals surface area contributed by atoms with Gasteiger partial charge in [0.15, 0.2) is 5.78 Å². The average Bonchev–Trinajstić information content (AvgIpc) is 3.29. The lowest BCUT2D eigenvalue weighted by Gasteiger charge is -2.01. The number of methoxy groups -OCH3 is 1. The number of ether oxygens (including phenoxy) is 1. The van der Waals surface area contributed by atoms with Crippen LogP contribution >= 0.6 is 0 Å². The normalized spacial score (nSPS) is 15.3. The monoisotopic (exact) mass is 359 g/mol. The number of aromatic amines is 2. The van der Waals surface area contributed by atoms with Gasteiger partial charge in [-0.2, -0.15) is 0 Å². The second-order valence-corrected chi connectivity index (χ2v) is 6.77. The molecule has 0 saturated heterocycles. The van der Waals surface area contributed by atoms with Gasteiger partial charge in [0.1, 0.15) is 11.5 Å². The van der Waals surface area contributed by atoms with Crippen LogP contribution < -0.4 is 0 Å². The highest BCUT2D eigenvalue weighted by Gasteiger charge is 2.23. The van der Waals surface area contributed by atoms with Gasteiger partial charge < -0.3 is 14.7 Å². The fourth-order valence-electron chi connectivity index (χ4n) is 3.55. The minimum absolute atomic E-state index is 0.00536. The molecule has 1 aliphatic heterocycles. The third kappa shape index (κ3) is 2.91. The largest absolute Gasteiger partial charge is 0.494 e. The minimum atomic E-state index is 0.00536. The lowest BCUT2D eigenvalue weighted by molar-refractivity contribution is 0.101. The van der Waals surface area contributed by atoms with E-state index in [1.54, 1.807) is 14.0 Å². The van der Waals surface area contributed by atoms with Gasteiger partial charge in [-0.25, -0.2) is 4.99 Å². The number of benzene rings is 1. The molecule has 1 aromatic carbocycles. The number of aliphatic imine (C=N–C) groups is 1. The highest BCUT2D eigenvalue weighted by Crippen LogP contribution is 2.30. The van der Waals surface area contributed by atoms with E-state index in [0.29, 0.717) is 17.0 Å². The van der Waals surface area contributed by atoms with Crippen LogP contribution in [0.3, 0.4) is 0 Å². The molecule has 0 saturated carbocycles. The summed E-state index contributed by atoms with van der Waals surface area (Å²) in [5.41, 5.74) is 6.96. The molecule has 5 heteroatoms. The van der Waals surface area contributed by atoms with E-state index in [0.717, 1.165) is 39.2 Å². The van der Waals surface area contributed by atoms with Gasteiger partial charge in [0, 0.05) is 28.4 Å². The van der Waals surface area contributed by atoms with Gasteiger partial charge >= 0.3 is 0 Å². The Morgan fingerprint density at radius 3 is 2.63 bits per heavy atom. The third-order valence-corrected chi connectivity index (χ3v) is 4.77. The first kappa shape index (κ1) is 17.1. The standard InChI is InChI=1S/C22H21N3O2/c1-12-9-13(2)23-17(12)10-18-20(27-4)11-19(24-18)22-21(14(3)26)15-7-5-6-8-16(15)25-22/h5-11,23,25H,1-4H3. The van der Waals surface area contributed by atoms with E-state index in [2.05, 4.69) is 23.0 Å². The maximum absolute atomic E-state index is 12.3. The molecule has 2 aromatic heterocycles. The number of fused-ring (bicyclic) bond motifs is 1. The highest BCUT2D eigenvalue weighted by molar-refractivity contribution is 6.21. The lowest BCUT2D eigenvalue weighted by Crippen LogP contribution is -2.03. The zero-order valence-corrected chi connectivity index (χ0v) is 15.8. The van der Waals surface area contributed by atoms with Crippen LogP contribution in [-0.4, -0.2) is 28.6 Å². The molecule has 4 rings (SSSR count). The molecule has 1 aliphatic rings. The maximum atomic E-state index is 12.3. The summed E-state index contributed by atoms with van der Waals surface area (Å²) in [6.45, 7) is 5.66. The van der Waals surface area contributed by atoms with Crippen LogP contribution in [0, 0.1) is 13.8 Å². The number of para-hydroxylation sites is 1. The van der Waals surface area contributed by atoms with E-state index in [-0.39, 0.29) is 5.78 Å². The molecule has 0 amide bonds. The van der Waals surface area contributed by atoms with Crippen LogP contribution in [0.2, 0.25) is 0 Å². The third-order valence-electron chi connectivity index (χ3n) is 4.77. The summed E-state index contributed by atoms with van der Waals surface area (Å²) in [5.74, 6) is 0.676. The second kappa shape index (κ2) is 6.43. The molecule has 3 heterocycles. The number of allylic oxidation sites excluding steroid dienone is 1. The number of carbonyl (C=O) groups is 1. The molecule has 0 atom stereocenters. The van der Waals surface area contributed by atoms with E-state index in [1.165, 1.54) is 0 Å². The van der Waals surface area contributed by atoms with Gasteiger partial charge in [-0.15, -0.1) is 0 Å². The maximum Gasteiger partial charge on any atom is 0.162 e. The van der Waals surface area contributed by atoms with Crippen molar-refractivity contribution >= 4 is 28.5 Å². The van der Waals surface area contributed by atoms with Crippen LogP contribution in [0.1, 0.15) is 39.9 Å². The summed E-state index contributed by atoms with van der Waals surface area (Å²) in [6, 6.07) is 9.88. The smallest absolute Gasteiger partial charge is 0.162 e. The van der Waals surface area contributed by atoms with Crippen molar-refractivity contribution in [2.45, 2.75) is 20.8 Å². The topological polar surface area (TPSA) is 70.2 Å². The number of aromatic nitrogens is 2. The Balaban J connectivity index is 1.87. The number of ketones is 1. The summed E-state index contributed by atoms with van der Waals surface area (Å²) in [6.07, 6.45) is 3.84. The van der Waals surface area contributed by atoms with Crippen molar-refractivity contribution in [3.05, 3.63) is 76.1 Å². The number of rotatable bonds is 4. The molecule has 0 bridgehead atoms. The fraction of sp³-hybridized carbons (Fsp3) is 0.182.